The van der Waals surface area contributed by atoms with E-state index in [1.54, 1.807) is 18.7 Å². The van der Waals surface area contributed by atoms with Crippen LogP contribution in [0, 0.1) is 11.3 Å². The molecule has 0 aromatic rings. The van der Waals surface area contributed by atoms with Gasteiger partial charge < -0.3 is 44.4 Å². The first-order valence-corrected chi connectivity index (χ1v) is 13.2. The van der Waals surface area contributed by atoms with Gasteiger partial charge in [-0.3, -0.25) is 14.4 Å². The summed E-state index contributed by atoms with van der Waals surface area (Å²) < 4.78 is 17.4. The van der Waals surface area contributed by atoms with Crippen LogP contribution in [0.3, 0.4) is 0 Å². The summed E-state index contributed by atoms with van der Waals surface area (Å²) in [4.78, 5) is 43.0. The van der Waals surface area contributed by atoms with Gasteiger partial charge in [0.25, 0.3) is 0 Å². The number of hydrogen-bond donors (Lipinski definition) is 3. The molecule has 0 spiro atoms. The highest BCUT2D eigenvalue weighted by Crippen LogP contribution is 2.42. The Morgan fingerprint density at radius 2 is 1.84 bits per heavy atom. The molecule has 0 aliphatic carbocycles. The van der Waals surface area contributed by atoms with Gasteiger partial charge >= 0.3 is 11.8 Å². The lowest BCUT2D eigenvalue weighted by molar-refractivity contribution is -0.295. The lowest BCUT2D eigenvalue weighted by Gasteiger charge is -2.43. The number of carbonyl (C=O) groups is 3. The Morgan fingerprint density at radius 1 is 1.16 bits per heavy atom. The Bertz CT molecular complexity index is 977. The van der Waals surface area contributed by atoms with Crippen LogP contribution >= 0.6 is 0 Å². The van der Waals surface area contributed by atoms with Gasteiger partial charge in [0.15, 0.2) is 5.79 Å². The van der Waals surface area contributed by atoms with Crippen molar-refractivity contribution >= 4 is 17.7 Å². The van der Waals surface area contributed by atoms with Gasteiger partial charge in [-0.2, -0.15) is 5.26 Å². The number of carbonyl (C=O) groups excluding carboxylic acids is 3. The van der Waals surface area contributed by atoms with Gasteiger partial charge in [0.1, 0.15) is 24.4 Å². The molecule has 0 saturated carbocycles. The molecule has 13 heteroatoms. The highest BCUT2D eigenvalue weighted by Gasteiger charge is 2.62. The van der Waals surface area contributed by atoms with Crippen LogP contribution < -0.4 is 5.32 Å². The van der Waals surface area contributed by atoms with E-state index in [0.29, 0.717) is 38.9 Å². The van der Waals surface area contributed by atoms with Gasteiger partial charge in [0, 0.05) is 32.2 Å². The first-order valence-electron chi connectivity index (χ1n) is 13.2. The van der Waals surface area contributed by atoms with Crippen molar-refractivity contribution < 1.29 is 38.8 Å². The number of ether oxygens (including phenoxy) is 3. The number of hydrogen-bond acceptors (Lipinski definition) is 10. The summed E-state index contributed by atoms with van der Waals surface area (Å²) in [6, 6.07) is 1.81. The molecule has 0 unspecified atom stereocenters. The SMILES string of the molecule is CN(C[C@@]12OC[C@@H](O)[C@@H](O)[C@@H]1OC(C)(C)O2)C(=O)C(=O)N1CCC(C)(NCC(=O)N2CCC[C@H]2C#N)CC1. The number of nitrogens with one attached hydrogen (secondary N) is 1. The van der Waals surface area contributed by atoms with Crippen LogP contribution in [0.5, 0.6) is 0 Å². The third kappa shape index (κ3) is 5.66. The molecule has 13 nitrogen and oxygen atoms in total. The van der Waals surface area contributed by atoms with E-state index in [1.807, 2.05) is 6.92 Å². The van der Waals surface area contributed by atoms with Crippen LogP contribution in [0.2, 0.25) is 0 Å². The van der Waals surface area contributed by atoms with Crippen molar-refractivity contribution in [3.63, 3.8) is 0 Å². The fraction of sp³-hybridized carbons (Fsp3) is 0.840. The molecule has 0 aromatic heterocycles. The highest BCUT2D eigenvalue weighted by atomic mass is 16.8. The molecule has 4 fully saturated rings. The maximum atomic E-state index is 13.1. The molecule has 212 valence electrons. The first-order chi connectivity index (χ1) is 17.8. The van der Waals surface area contributed by atoms with E-state index in [9.17, 15) is 29.9 Å². The molecule has 4 aliphatic rings. The van der Waals surface area contributed by atoms with E-state index in [-0.39, 0.29) is 37.2 Å². The Kier molecular flexibility index (Phi) is 8.05. The van der Waals surface area contributed by atoms with E-state index >= 15 is 0 Å². The van der Waals surface area contributed by atoms with Crippen LogP contribution in [0.4, 0.5) is 0 Å². The van der Waals surface area contributed by atoms with Crippen LogP contribution in [0.25, 0.3) is 0 Å². The van der Waals surface area contributed by atoms with Gasteiger partial charge in [-0.05, 0) is 46.5 Å². The van der Waals surface area contributed by atoms with Crippen molar-refractivity contribution in [1.29, 1.82) is 5.26 Å². The first kappa shape index (κ1) is 28.7. The molecule has 0 bridgehead atoms. The molecule has 5 atom stereocenters. The summed E-state index contributed by atoms with van der Waals surface area (Å²) in [6.45, 7) is 6.27. The number of rotatable bonds is 5. The summed E-state index contributed by atoms with van der Waals surface area (Å²) >= 11 is 0. The summed E-state index contributed by atoms with van der Waals surface area (Å²) in [6.07, 6.45) is -0.854. The molecule has 0 aromatic carbocycles. The predicted octanol–water partition coefficient (Wildman–Crippen LogP) is -1.47. The zero-order chi connectivity index (χ0) is 27.9. The summed E-state index contributed by atoms with van der Waals surface area (Å²) in [5, 5.41) is 33.0. The Balaban J connectivity index is 1.30. The average molecular weight is 538 g/mol. The summed E-state index contributed by atoms with van der Waals surface area (Å²) in [7, 11) is 1.45. The quantitative estimate of drug-likeness (QED) is 0.353. The second-order valence-electron chi connectivity index (χ2n) is 11.5. The zero-order valence-electron chi connectivity index (χ0n) is 22.5. The molecule has 3 amide bonds. The van der Waals surface area contributed by atoms with E-state index in [4.69, 9.17) is 14.2 Å². The fourth-order valence-electron chi connectivity index (χ4n) is 5.70. The van der Waals surface area contributed by atoms with E-state index < -0.39 is 41.7 Å². The van der Waals surface area contributed by atoms with Crippen LogP contribution in [-0.4, -0.2) is 130 Å². The number of amides is 3. The van der Waals surface area contributed by atoms with Crippen molar-refractivity contribution in [1.82, 2.24) is 20.0 Å². The number of fused-ring (bicyclic) bond motifs is 1. The van der Waals surface area contributed by atoms with Gasteiger partial charge in [0.2, 0.25) is 11.7 Å². The normalized spacial score (nSPS) is 33.9. The van der Waals surface area contributed by atoms with Crippen molar-refractivity contribution in [2.75, 3.05) is 46.4 Å². The van der Waals surface area contributed by atoms with Crippen molar-refractivity contribution in [2.24, 2.45) is 0 Å². The third-order valence-corrected chi connectivity index (χ3v) is 8.00. The zero-order valence-corrected chi connectivity index (χ0v) is 22.5. The van der Waals surface area contributed by atoms with Gasteiger partial charge in [-0.1, -0.05) is 0 Å². The molecule has 3 N–H and O–H groups in total. The van der Waals surface area contributed by atoms with E-state index in [0.717, 1.165) is 6.42 Å². The molecule has 4 aliphatic heterocycles. The molecule has 4 heterocycles. The topological polar surface area (TPSA) is 165 Å². The summed E-state index contributed by atoms with van der Waals surface area (Å²) in [5.74, 6) is -4.17. The van der Waals surface area contributed by atoms with Crippen LogP contribution in [0.1, 0.15) is 46.5 Å². The number of likely N-dealkylation sites (N-methyl/N-ethyl adjacent to an activating group) is 1. The summed E-state index contributed by atoms with van der Waals surface area (Å²) in [5.41, 5.74) is -0.386. The monoisotopic (exact) mass is 537 g/mol. The van der Waals surface area contributed by atoms with Crippen LogP contribution in [-0.2, 0) is 28.6 Å². The number of aliphatic hydroxyl groups excluding tert-OH is 2. The number of aliphatic hydroxyl groups is 2. The third-order valence-electron chi connectivity index (χ3n) is 8.00. The smallest absolute Gasteiger partial charge is 0.312 e. The predicted molar refractivity (Wildman–Crippen MR) is 131 cm³/mol. The van der Waals surface area contributed by atoms with E-state index in [2.05, 4.69) is 11.4 Å². The number of likely N-dealkylation sites (tertiary alicyclic amines) is 2. The largest absolute Gasteiger partial charge is 0.388 e. The van der Waals surface area contributed by atoms with Gasteiger partial charge in [-0.15, -0.1) is 0 Å². The number of nitrogens with zero attached hydrogens (tertiary/aromatic N) is 4. The number of piperidine rings is 1. The molecular weight excluding hydrogens is 498 g/mol. The van der Waals surface area contributed by atoms with Crippen molar-refractivity contribution in [3.8, 4) is 6.07 Å². The molecule has 38 heavy (non-hydrogen) atoms. The molecule has 4 saturated heterocycles. The fourth-order valence-corrected chi connectivity index (χ4v) is 5.70. The second-order valence-corrected chi connectivity index (χ2v) is 11.5. The Labute approximate surface area is 222 Å². The highest BCUT2D eigenvalue weighted by molar-refractivity contribution is 6.34. The molecule has 4 rings (SSSR count). The minimum atomic E-state index is -1.52. The molecular formula is C25H39N5O8. The van der Waals surface area contributed by atoms with Crippen molar-refractivity contribution in [3.05, 3.63) is 0 Å². The van der Waals surface area contributed by atoms with Crippen LogP contribution in [0.15, 0.2) is 0 Å². The average Bonchev–Trinajstić information content (AvgIpc) is 3.46. The van der Waals surface area contributed by atoms with Gasteiger partial charge in [-0.25, -0.2) is 0 Å². The lowest BCUT2D eigenvalue weighted by Crippen LogP contribution is -2.64. The standard InChI is InChI=1S/C25H39N5O8/c1-23(2)37-20-19(33)17(31)14-36-25(20,38-23)15-28(4)21(34)22(35)29-10-7-24(3,8-11-29)27-13-18(32)30-9-5-6-16(30)12-26/h16-17,19-20,27,31,33H,5-11,13-15H2,1-4H3/t16-,17+,19+,20-,25-/m0/s1. The minimum Gasteiger partial charge on any atom is -0.388 e. The Hall–Kier alpha value is -2.34. The van der Waals surface area contributed by atoms with E-state index in [1.165, 1.54) is 16.8 Å². The Morgan fingerprint density at radius 3 is 2.50 bits per heavy atom. The molecule has 0 radical (unpaired) electrons. The lowest BCUT2D eigenvalue weighted by atomic mass is 9.89. The van der Waals surface area contributed by atoms with Crippen molar-refractivity contribution in [2.45, 2.75) is 87.9 Å². The second kappa shape index (κ2) is 10.7. The minimum absolute atomic E-state index is 0.105. The maximum absolute atomic E-state index is 13.1. The van der Waals surface area contributed by atoms with Gasteiger partial charge in [0.05, 0.1) is 25.8 Å². The maximum Gasteiger partial charge on any atom is 0.312 e. The number of nitriles is 1.